The molecule has 0 bridgehead atoms. The summed E-state index contributed by atoms with van der Waals surface area (Å²) in [4.78, 5) is 15.2. The molecule has 0 N–H and O–H groups in total. The molecule has 4 heteroatoms. The fourth-order valence-corrected chi connectivity index (χ4v) is 8.22. The van der Waals surface area contributed by atoms with E-state index in [1.807, 2.05) is 12.4 Å². The number of nitrogens with zero attached hydrogens (tertiary/aromatic N) is 4. The number of hydrogen-bond donors (Lipinski definition) is 0. The summed E-state index contributed by atoms with van der Waals surface area (Å²) in [7, 11) is 0. The summed E-state index contributed by atoms with van der Waals surface area (Å²) >= 11 is 0. The Hall–Kier alpha value is -6.13. The molecule has 0 amide bonds. The molecule has 0 saturated heterocycles. The van der Waals surface area contributed by atoms with Gasteiger partial charge in [-0.25, -0.2) is 9.97 Å². The van der Waals surface area contributed by atoms with Gasteiger partial charge in [0.05, 0.1) is 27.7 Å². The third-order valence-corrected chi connectivity index (χ3v) is 10.2. The van der Waals surface area contributed by atoms with E-state index in [0.717, 1.165) is 46.0 Å². The van der Waals surface area contributed by atoms with Crippen molar-refractivity contribution in [3.05, 3.63) is 186 Å². The summed E-state index contributed by atoms with van der Waals surface area (Å²) in [5.41, 5.74) is 12.2. The second kappa shape index (κ2) is 10.4. The Labute approximate surface area is 278 Å². The van der Waals surface area contributed by atoms with Crippen LogP contribution in [0.4, 0.5) is 0 Å². The van der Waals surface area contributed by atoms with Crippen LogP contribution in [0.25, 0.3) is 55.4 Å². The predicted octanol–water partition coefficient (Wildman–Crippen LogP) is 10.2. The summed E-state index contributed by atoms with van der Waals surface area (Å²) in [5, 5.41) is 3.44. The van der Waals surface area contributed by atoms with E-state index < -0.39 is 5.41 Å². The number of hydrogen-bond acceptors (Lipinski definition) is 3. The van der Waals surface area contributed by atoms with Crippen molar-refractivity contribution in [1.29, 1.82) is 0 Å². The van der Waals surface area contributed by atoms with Gasteiger partial charge in [0, 0.05) is 28.6 Å². The molecule has 5 aromatic carbocycles. The highest BCUT2D eigenvalue weighted by atomic mass is 15.2. The zero-order valence-electron chi connectivity index (χ0n) is 26.2. The first kappa shape index (κ1) is 27.0. The van der Waals surface area contributed by atoms with Crippen LogP contribution in [-0.2, 0) is 5.41 Å². The number of para-hydroxylation sites is 2. The Morgan fingerprint density at radius 3 is 2.25 bits per heavy atom. The van der Waals surface area contributed by atoms with E-state index in [0.29, 0.717) is 5.95 Å². The zero-order chi connectivity index (χ0) is 31.7. The lowest BCUT2D eigenvalue weighted by molar-refractivity contribution is 0.764. The van der Waals surface area contributed by atoms with Gasteiger partial charge in [-0.2, -0.15) is 0 Å². The second-order valence-corrected chi connectivity index (χ2v) is 12.7. The highest BCUT2D eigenvalue weighted by Gasteiger charge is 2.46. The molecule has 0 radical (unpaired) electrons. The highest BCUT2D eigenvalue weighted by Crippen LogP contribution is 2.57. The molecule has 0 aliphatic heterocycles. The smallest absolute Gasteiger partial charge is 0.235 e. The van der Waals surface area contributed by atoms with E-state index in [2.05, 4.69) is 155 Å². The number of pyridine rings is 1. The molecule has 226 valence electrons. The van der Waals surface area contributed by atoms with E-state index in [4.69, 9.17) is 9.97 Å². The van der Waals surface area contributed by atoms with Crippen LogP contribution in [0, 0.1) is 0 Å². The second-order valence-electron chi connectivity index (χ2n) is 12.7. The van der Waals surface area contributed by atoms with Crippen molar-refractivity contribution >= 4 is 38.3 Å². The summed E-state index contributed by atoms with van der Waals surface area (Å²) in [6, 6.07) is 45.9. The molecule has 0 fully saturated rings. The lowest BCUT2D eigenvalue weighted by Crippen LogP contribution is -2.28. The van der Waals surface area contributed by atoms with Crippen molar-refractivity contribution < 1.29 is 0 Å². The van der Waals surface area contributed by atoms with Gasteiger partial charge in [0.2, 0.25) is 5.95 Å². The Balaban J connectivity index is 1.33. The van der Waals surface area contributed by atoms with E-state index >= 15 is 0 Å². The van der Waals surface area contributed by atoms with Gasteiger partial charge in [-0.1, -0.05) is 115 Å². The number of rotatable bonds is 4. The minimum absolute atomic E-state index is 0.521. The molecular weight excluding hydrogens is 585 g/mol. The topological polar surface area (TPSA) is 43.6 Å². The maximum absolute atomic E-state index is 5.37. The van der Waals surface area contributed by atoms with Crippen molar-refractivity contribution in [2.45, 2.75) is 18.3 Å². The molecule has 8 aromatic rings. The summed E-state index contributed by atoms with van der Waals surface area (Å²) in [5.74, 6) is 0.693. The van der Waals surface area contributed by atoms with Crippen molar-refractivity contribution in [3.63, 3.8) is 0 Å². The van der Waals surface area contributed by atoms with Crippen LogP contribution in [0.15, 0.2) is 158 Å². The SMILES string of the molecule is C1=CCCC(c2nc(-n3c4ccccc4c4cc5c(cc43)-c3ccccc3C5(c3ccccc3)c3cccnc3)nc3ccccc23)=C1. The van der Waals surface area contributed by atoms with E-state index in [1.54, 1.807) is 0 Å². The van der Waals surface area contributed by atoms with Crippen LogP contribution in [0.5, 0.6) is 0 Å². The van der Waals surface area contributed by atoms with E-state index in [1.165, 1.54) is 44.2 Å². The molecule has 48 heavy (non-hydrogen) atoms. The molecule has 0 spiro atoms. The lowest BCUT2D eigenvalue weighted by Gasteiger charge is -2.33. The Bertz CT molecular complexity index is 2570. The van der Waals surface area contributed by atoms with Crippen LogP contribution >= 0.6 is 0 Å². The van der Waals surface area contributed by atoms with Crippen molar-refractivity contribution in [2.24, 2.45) is 0 Å². The maximum Gasteiger partial charge on any atom is 0.235 e. The van der Waals surface area contributed by atoms with Gasteiger partial charge in [0.1, 0.15) is 0 Å². The van der Waals surface area contributed by atoms with Crippen LogP contribution in [0.1, 0.15) is 40.8 Å². The largest absolute Gasteiger partial charge is 0.278 e. The maximum atomic E-state index is 5.37. The highest BCUT2D eigenvalue weighted by molar-refractivity contribution is 6.11. The molecule has 1 atom stereocenters. The monoisotopic (exact) mass is 614 g/mol. The number of benzene rings is 5. The van der Waals surface area contributed by atoms with Crippen LogP contribution in [0.3, 0.4) is 0 Å². The van der Waals surface area contributed by atoms with Crippen molar-refractivity contribution in [2.75, 3.05) is 0 Å². The molecule has 10 rings (SSSR count). The normalized spacial score (nSPS) is 16.7. The fraction of sp³-hybridized carbons (Fsp3) is 0.0682. The first-order valence-corrected chi connectivity index (χ1v) is 16.6. The van der Waals surface area contributed by atoms with Crippen LogP contribution in [0.2, 0.25) is 0 Å². The molecule has 3 aromatic heterocycles. The van der Waals surface area contributed by atoms with Gasteiger partial charge in [0.15, 0.2) is 0 Å². The molecule has 0 saturated carbocycles. The zero-order valence-corrected chi connectivity index (χ0v) is 26.2. The lowest BCUT2D eigenvalue weighted by atomic mass is 9.68. The van der Waals surface area contributed by atoms with Gasteiger partial charge in [-0.05, 0) is 82.1 Å². The summed E-state index contributed by atoms with van der Waals surface area (Å²) < 4.78 is 2.27. The van der Waals surface area contributed by atoms with E-state index in [9.17, 15) is 0 Å². The fourth-order valence-electron chi connectivity index (χ4n) is 8.22. The predicted molar refractivity (Wildman–Crippen MR) is 195 cm³/mol. The first-order valence-electron chi connectivity index (χ1n) is 16.6. The van der Waals surface area contributed by atoms with Gasteiger partial charge in [0.25, 0.3) is 0 Å². The van der Waals surface area contributed by atoms with Crippen LogP contribution < -0.4 is 0 Å². The average Bonchev–Trinajstić information content (AvgIpc) is 3.64. The molecule has 1 unspecified atom stereocenters. The Morgan fingerprint density at radius 1 is 0.604 bits per heavy atom. The number of fused-ring (bicyclic) bond motifs is 7. The minimum Gasteiger partial charge on any atom is -0.278 e. The van der Waals surface area contributed by atoms with Gasteiger partial charge in [-0.3, -0.25) is 9.55 Å². The average molecular weight is 615 g/mol. The standard InChI is InChI=1S/C44H30N4/c1-3-14-29(15-4-1)42-34-21-8-11-23-39(34)46-43(47-42)48-40-24-12-9-20-33(40)36-26-38-35(27-41(36)48)32-19-7-10-22-37(32)44(38,30-16-5-2-6-17-30)31-18-13-25-45-28-31/h1-3,5-14,16-28H,4,15H2. The van der Waals surface area contributed by atoms with Gasteiger partial charge < -0.3 is 0 Å². The molecule has 3 heterocycles. The third-order valence-electron chi connectivity index (χ3n) is 10.2. The van der Waals surface area contributed by atoms with Crippen molar-refractivity contribution in [3.8, 4) is 17.1 Å². The molecule has 4 nitrogen and oxygen atoms in total. The first-order chi connectivity index (χ1) is 23.8. The quantitative estimate of drug-likeness (QED) is 0.198. The number of aromatic nitrogens is 4. The van der Waals surface area contributed by atoms with Gasteiger partial charge in [-0.15, -0.1) is 0 Å². The molecular formula is C44H30N4. The number of allylic oxidation sites excluding steroid dienone is 4. The minimum atomic E-state index is -0.521. The Morgan fingerprint density at radius 2 is 1.40 bits per heavy atom. The van der Waals surface area contributed by atoms with Gasteiger partial charge >= 0.3 is 0 Å². The van der Waals surface area contributed by atoms with Crippen LogP contribution in [-0.4, -0.2) is 19.5 Å². The van der Waals surface area contributed by atoms with Crippen molar-refractivity contribution in [1.82, 2.24) is 19.5 Å². The molecule has 2 aliphatic rings. The molecule has 2 aliphatic carbocycles. The third kappa shape index (κ3) is 3.74. The Kier molecular flexibility index (Phi) is 5.88. The van der Waals surface area contributed by atoms with E-state index in [-0.39, 0.29) is 0 Å². The summed E-state index contributed by atoms with van der Waals surface area (Å²) in [6.45, 7) is 0. The summed E-state index contributed by atoms with van der Waals surface area (Å²) in [6.07, 6.45) is 12.5.